The lowest BCUT2D eigenvalue weighted by Gasteiger charge is -2.41. The number of rotatable bonds is 8. The van der Waals surface area contributed by atoms with Crippen molar-refractivity contribution in [2.45, 2.75) is 49.0 Å². The van der Waals surface area contributed by atoms with Gasteiger partial charge in [0.05, 0.1) is 13.2 Å². The molecule has 8 N–H and O–H groups in total. The molecule has 0 aromatic carbocycles. The summed E-state index contributed by atoms with van der Waals surface area (Å²) in [4.78, 5) is 11.1. The molecule has 1 heterocycles. The van der Waals surface area contributed by atoms with Crippen LogP contribution < -0.4 is 0 Å². The third-order valence-electron chi connectivity index (χ3n) is 3.53. The van der Waals surface area contributed by atoms with E-state index in [1.165, 1.54) is 0 Å². The van der Waals surface area contributed by atoms with Gasteiger partial charge in [-0.1, -0.05) is 0 Å². The average molecular weight is 342 g/mol. The van der Waals surface area contributed by atoms with Crippen molar-refractivity contribution in [1.82, 2.24) is 0 Å². The van der Waals surface area contributed by atoms with Gasteiger partial charge in [0.1, 0.15) is 49.3 Å². The Morgan fingerprint density at radius 1 is 1.04 bits per heavy atom. The number of ketones is 1. The summed E-state index contributed by atoms with van der Waals surface area (Å²) in [6, 6.07) is 0. The Morgan fingerprint density at radius 2 is 1.65 bits per heavy atom. The maximum atomic E-state index is 11.1. The van der Waals surface area contributed by atoms with Crippen molar-refractivity contribution in [3.05, 3.63) is 0 Å². The topological polar surface area (TPSA) is 197 Å². The minimum absolute atomic E-state index is 0.706. The summed E-state index contributed by atoms with van der Waals surface area (Å²) in [7, 11) is 0. The number of ether oxygens (including phenoxy) is 2. The molecule has 0 aliphatic carbocycles. The van der Waals surface area contributed by atoms with Crippen LogP contribution in [0.15, 0.2) is 0 Å². The second-order valence-corrected chi connectivity index (χ2v) is 5.11. The lowest BCUT2D eigenvalue weighted by atomic mass is 9.99. The zero-order valence-electron chi connectivity index (χ0n) is 12.0. The van der Waals surface area contributed by atoms with Gasteiger partial charge in [-0.3, -0.25) is 4.79 Å². The minimum atomic E-state index is -2.05. The molecule has 0 spiro atoms. The van der Waals surface area contributed by atoms with Gasteiger partial charge in [-0.05, 0) is 0 Å². The highest BCUT2D eigenvalue weighted by molar-refractivity contribution is 5.84. The molecule has 1 saturated heterocycles. The van der Waals surface area contributed by atoms with E-state index < -0.39 is 74.6 Å². The molecule has 23 heavy (non-hydrogen) atoms. The van der Waals surface area contributed by atoms with Crippen molar-refractivity contribution in [3.8, 4) is 0 Å². The van der Waals surface area contributed by atoms with Gasteiger partial charge in [0.25, 0.3) is 0 Å². The fourth-order valence-corrected chi connectivity index (χ4v) is 2.07. The summed E-state index contributed by atoms with van der Waals surface area (Å²) in [6.45, 7) is -2.65. The number of carbonyl (C=O) groups is 1. The minimum Gasteiger partial charge on any atom is -0.394 e. The van der Waals surface area contributed by atoms with Crippen LogP contribution in [0.1, 0.15) is 0 Å². The standard InChI is InChI=1S/C12H22O11/c13-1-4(16)7(17)8(18)5(2-14)22-12-11(21)10(20)9(19)6(3-15)23-12/h5-15,17-21H,1-3H2/t5-,6-,7+,8+,9-,10+,11-,12-/m1/s1. The van der Waals surface area contributed by atoms with Crippen molar-refractivity contribution in [3.63, 3.8) is 0 Å². The van der Waals surface area contributed by atoms with E-state index in [-0.39, 0.29) is 0 Å². The van der Waals surface area contributed by atoms with Gasteiger partial charge < -0.3 is 50.3 Å². The lowest BCUT2D eigenvalue weighted by Crippen LogP contribution is -2.61. The molecule has 0 aromatic heterocycles. The van der Waals surface area contributed by atoms with E-state index in [1.807, 2.05) is 0 Å². The van der Waals surface area contributed by atoms with Crippen molar-refractivity contribution < 1.29 is 55.1 Å². The predicted molar refractivity (Wildman–Crippen MR) is 69.8 cm³/mol. The summed E-state index contributed by atoms with van der Waals surface area (Å²) in [5.74, 6) is -1.12. The van der Waals surface area contributed by atoms with Gasteiger partial charge in [0.2, 0.25) is 0 Å². The number of hydrogen-bond donors (Lipinski definition) is 8. The van der Waals surface area contributed by atoms with Crippen LogP contribution in [-0.4, -0.2) is 115 Å². The zero-order valence-corrected chi connectivity index (χ0v) is 12.0. The molecule has 0 unspecified atom stereocenters. The summed E-state index contributed by atoms with van der Waals surface area (Å²) < 4.78 is 10.0. The van der Waals surface area contributed by atoms with Crippen LogP contribution in [0.5, 0.6) is 0 Å². The van der Waals surface area contributed by atoms with Gasteiger partial charge in [0.15, 0.2) is 12.1 Å². The van der Waals surface area contributed by atoms with Crippen molar-refractivity contribution in [1.29, 1.82) is 0 Å². The first-order valence-electron chi connectivity index (χ1n) is 6.85. The van der Waals surface area contributed by atoms with E-state index in [0.717, 1.165) is 0 Å². The van der Waals surface area contributed by atoms with Crippen LogP contribution in [0.3, 0.4) is 0 Å². The van der Waals surface area contributed by atoms with Crippen LogP contribution in [0.25, 0.3) is 0 Å². The Kier molecular flexibility index (Phi) is 7.89. The predicted octanol–water partition coefficient (Wildman–Crippen LogP) is -5.55. The molecule has 1 aliphatic rings. The molecular formula is C12H22O11. The van der Waals surface area contributed by atoms with Crippen LogP contribution >= 0.6 is 0 Å². The molecule has 8 atom stereocenters. The SMILES string of the molecule is O=C(CO)[C@H](O)[C@@H](O)[C@@H](CO)O[C@@H]1O[C@H](CO)[C@@H](O)[C@H](O)[C@H]1O. The van der Waals surface area contributed by atoms with Gasteiger partial charge in [-0.15, -0.1) is 0 Å². The van der Waals surface area contributed by atoms with E-state index in [0.29, 0.717) is 0 Å². The van der Waals surface area contributed by atoms with Crippen LogP contribution in [0.2, 0.25) is 0 Å². The largest absolute Gasteiger partial charge is 0.394 e. The van der Waals surface area contributed by atoms with Gasteiger partial charge in [0, 0.05) is 0 Å². The van der Waals surface area contributed by atoms with Crippen molar-refractivity contribution in [2.75, 3.05) is 19.8 Å². The van der Waals surface area contributed by atoms with E-state index >= 15 is 0 Å². The maximum Gasteiger partial charge on any atom is 0.189 e. The van der Waals surface area contributed by atoms with Crippen LogP contribution in [0.4, 0.5) is 0 Å². The van der Waals surface area contributed by atoms with E-state index in [9.17, 15) is 35.4 Å². The smallest absolute Gasteiger partial charge is 0.189 e. The first-order valence-corrected chi connectivity index (χ1v) is 6.85. The fourth-order valence-electron chi connectivity index (χ4n) is 2.07. The van der Waals surface area contributed by atoms with E-state index in [1.54, 1.807) is 0 Å². The quantitative estimate of drug-likeness (QED) is 0.209. The van der Waals surface area contributed by atoms with Gasteiger partial charge >= 0.3 is 0 Å². The van der Waals surface area contributed by atoms with Gasteiger partial charge in [-0.2, -0.15) is 0 Å². The highest BCUT2D eigenvalue weighted by Gasteiger charge is 2.46. The van der Waals surface area contributed by atoms with Crippen molar-refractivity contribution in [2.24, 2.45) is 0 Å². The fraction of sp³-hybridized carbons (Fsp3) is 0.917. The zero-order chi connectivity index (χ0) is 17.7. The molecule has 11 heteroatoms. The molecule has 0 aromatic rings. The number of Topliss-reactive ketones (excluding diaryl/α,β-unsaturated/α-hetero) is 1. The third kappa shape index (κ3) is 4.64. The monoisotopic (exact) mass is 342 g/mol. The molecule has 0 radical (unpaired) electrons. The number of aliphatic hydroxyl groups is 8. The highest BCUT2D eigenvalue weighted by Crippen LogP contribution is 2.23. The highest BCUT2D eigenvalue weighted by atomic mass is 16.7. The van der Waals surface area contributed by atoms with Crippen LogP contribution in [-0.2, 0) is 14.3 Å². The molecule has 1 aliphatic heterocycles. The van der Waals surface area contributed by atoms with Crippen LogP contribution in [0, 0.1) is 0 Å². The molecule has 11 nitrogen and oxygen atoms in total. The molecule has 0 bridgehead atoms. The Labute approximate surface area is 130 Å². The third-order valence-corrected chi connectivity index (χ3v) is 3.53. The first-order chi connectivity index (χ1) is 10.8. The average Bonchev–Trinajstić information content (AvgIpc) is 2.57. The normalized spacial score (nSPS) is 35.6. The Balaban J connectivity index is 2.79. The number of aliphatic hydroxyl groups excluding tert-OH is 8. The molecule has 1 fully saturated rings. The maximum absolute atomic E-state index is 11.1. The Hall–Kier alpha value is -0.730. The summed E-state index contributed by atoms with van der Waals surface area (Å²) in [6.07, 6.45) is -13.7. The Bertz CT molecular complexity index is 376. The lowest BCUT2D eigenvalue weighted by molar-refractivity contribution is -0.321. The summed E-state index contributed by atoms with van der Waals surface area (Å²) in [5.41, 5.74) is 0. The van der Waals surface area contributed by atoms with Crippen molar-refractivity contribution >= 4 is 5.78 Å². The molecule has 136 valence electrons. The second-order valence-electron chi connectivity index (χ2n) is 5.11. The van der Waals surface area contributed by atoms with E-state index in [2.05, 4.69) is 0 Å². The summed E-state index contributed by atoms with van der Waals surface area (Å²) >= 11 is 0. The molecule has 0 amide bonds. The molecule has 1 rings (SSSR count). The van der Waals surface area contributed by atoms with Gasteiger partial charge in [-0.25, -0.2) is 0 Å². The molecule has 0 saturated carbocycles. The number of carbonyl (C=O) groups excluding carboxylic acids is 1. The first kappa shape index (κ1) is 20.3. The molecular weight excluding hydrogens is 320 g/mol. The summed E-state index contributed by atoms with van der Waals surface area (Å²) in [5, 5.41) is 75.1. The Morgan fingerprint density at radius 3 is 2.13 bits per heavy atom. The number of hydrogen-bond acceptors (Lipinski definition) is 11. The second kappa shape index (κ2) is 8.94. The van der Waals surface area contributed by atoms with E-state index in [4.69, 9.17) is 19.7 Å².